The SMILES string of the molecule is CCOC(=O)[C@H](C#N)C(=O)c1ccc([N+](=O)[O-])cc1. The van der Waals surface area contributed by atoms with Gasteiger partial charge in [0.15, 0.2) is 5.78 Å². The Morgan fingerprint density at radius 1 is 1.42 bits per heavy atom. The number of nitro groups is 1. The van der Waals surface area contributed by atoms with Gasteiger partial charge < -0.3 is 4.74 Å². The maximum Gasteiger partial charge on any atom is 0.331 e. The zero-order valence-corrected chi connectivity index (χ0v) is 10.0. The number of rotatable bonds is 5. The molecule has 0 unspecified atom stereocenters. The van der Waals surface area contributed by atoms with Gasteiger partial charge in [0.05, 0.1) is 17.6 Å². The highest BCUT2D eigenvalue weighted by molar-refractivity contribution is 6.10. The molecule has 0 amide bonds. The highest BCUT2D eigenvalue weighted by atomic mass is 16.6. The van der Waals surface area contributed by atoms with Crippen molar-refractivity contribution in [3.8, 4) is 6.07 Å². The van der Waals surface area contributed by atoms with E-state index in [1.54, 1.807) is 13.0 Å². The second-order valence-corrected chi connectivity index (χ2v) is 3.48. The fraction of sp³-hybridized carbons (Fsp3) is 0.250. The summed E-state index contributed by atoms with van der Waals surface area (Å²) in [5.41, 5.74) is -0.133. The van der Waals surface area contributed by atoms with Crippen LogP contribution in [0.15, 0.2) is 24.3 Å². The van der Waals surface area contributed by atoms with E-state index >= 15 is 0 Å². The van der Waals surface area contributed by atoms with Crippen LogP contribution >= 0.6 is 0 Å². The minimum absolute atomic E-state index is 0.0465. The van der Waals surface area contributed by atoms with Crippen LogP contribution in [-0.2, 0) is 9.53 Å². The van der Waals surface area contributed by atoms with Gasteiger partial charge in [0.25, 0.3) is 5.69 Å². The number of esters is 1. The van der Waals surface area contributed by atoms with Crippen molar-refractivity contribution in [3.63, 3.8) is 0 Å². The van der Waals surface area contributed by atoms with E-state index in [0.717, 1.165) is 12.1 Å². The Morgan fingerprint density at radius 3 is 2.42 bits per heavy atom. The average molecular weight is 262 g/mol. The lowest BCUT2D eigenvalue weighted by molar-refractivity contribution is -0.384. The van der Waals surface area contributed by atoms with Crippen LogP contribution in [0, 0.1) is 27.4 Å². The molecule has 0 heterocycles. The van der Waals surface area contributed by atoms with Gasteiger partial charge in [-0.1, -0.05) is 0 Å². The molecular weight excluding hydrogens is 252 g/mol. The molecule has 7 nitrogen and oxygen atoms in total. The zero-order valence-electron chi connectivity index (χ0n) is 10.0. The first-order chi connectivity index (χ1) is 9.01. The number of nitro benzene ring substituents is 1. The van der Waals surface area contributed by atoms with E-state index in [0.29, 0.717) is 0 Å². The van der Waals surface area contributed by atoms with Gasteiger partial charge in [-0.25, -0.2) is 0 Å². The molecule has 0 saturated carbocycles. The summed E-state index contributed by atoms with van der Waals surface area (Å²) in [7, 11) is 0. The third-order valence-electron chi connectivity index (χ3n) is 2.28. The topological polar surface area (TPSA) is 110 Å². The lowest BCUT2D eigenvalue weighted by Gasteiger charge is -2.07. The molecule has 0 spiro atoms. The molecule has 0 N–H and O–H groups in total. The molecule has 0 aromatic heterocycles. The number of non-ortho nitro benzene ring substituents is 1. The minimum atomic E-state index is -1.55. The van der Waals surface area contributed by atoms with Crippen molar-refractivity contribution < 1.29 is 19.2 Å². The Balaban J connectivity index is 2.95. The molecule has 0 aliphatic heterocycles. The highest BCUT2D eigenvalue weighted by Gasteiger charge is 2.29. The number of hydrogen-bond donors (Lipinski definition) is 0. The zero-order chi connectivity index (χ0) is 14.4. The number of hydrogen-bond acceptors (Lipinski definition) is 6. The van der Waals surface area contributed by atoms with E-state index in [2.05, 4.69) is 4.74 Å². The van der Waals surface area contributed by atoms with Gasteiger partial charge in [-0.2, -0.15) is 5.26 Å². The molecular formula is C12H10N2O5. The first-order valence-electron chi connectivity index (χ1n) is 5.36. The largest absolute Gasteiger partial charge is 0.465 e. The Labute approximate surface area is 108 Å². The molecule has 0 bridgehead atoms. The van der Waals surface area contributed by atoms with Gasteiger partial charge in [-0.3, -0.25) is 19.7 Å². The van der Waals surface area contributed by atoms with Crippen molar-refractivity contribution in [2.45, 2.75) is 6.92 Å². The molecule has 0 aliphatic carbocycles. The van der Waals surface area contributed by atoms with Gasteiger partial charge in [0.1, 0.15) is 0 Å². The molecule has 1 aromatic carbocycles. The lowest BCUT2D eigenvalue weighted by Crippen LogP contribution is -2.24. The number of Topliss-reactive ketones (excluding diaryl/α,β-unsaturated/α-hetero) is 1. The van der Waals surface area contributed by atoms with Crippen molar-refractivity contribution in [2.24, 2.45) is 5.92 Å². The van der Waals surface area contributed by atoms with Gasteiger partial charge >= 0.3 is 5.97 Å². The molecule has 0 radical (unpaired) electrons. The summed E-state index contributed by atoms with van der Waals surface area (Å²) in [6, 6.07) is 6.22. The van der Waals surface area contributed by atoms with Crippen LogP contribution < -0.4 is 0 Å². The quantitative estimate of drug-likeness (QED) is 0.261. The predicted octanol–water partition coefficient (Wildman–Crippen LogP) is 1.48. The van der Waals surface area contributed by atoms with Crippen molar-refractivity contribution in [1.29, 1.82) is 5.26 Å². The maximum atomic E-state index is 11.9. The average Bonchev–Trinajstić information content (AvgIpc) is 2.39. The smallest absolute Gasteiger partial charge is 0.331 e. The molecule has 0 fully saturated rings. The minimum Gasteiger partial charge on any atom is -0.465 e. The van der Waals surface area contributed by atoms with Gasteiger partial charge in [0, 0.05) is 17.7 Å². The first-order valence-corrected chi connectivity index (χ1v) is 5.36. The Kier molecular flexibility index (Phi) is 4.71. The van der Waals surface area contributed by atoms with E-state index < -0.39 is 22.6 Å². The van der Waals surface area contributed by atoms with Crippen LogP contribution in [-0.4, -0.2) is 23.3 Å². The number of ketones is 1. The summed E-state index contributed by atoms with van der Waals surface area (Å²) in [6.45, 7) is 1.62. The molecule has 1 atom stereocenters. The van der Waals surface area contributed by atoms with Crippen molar-refractivity contribution in [1.82, 2.24) is 0 Å². The number of nitriles is 1. The monoisotopic (exact) mass is 262 g/mol. The van der Waals surface area contributed by atoms with Crippen LogP contribution in [0.4, 0.5) is 5.69 Å². The second-order valence-electron chi connectivity index (χ2n) is 3.48. The standard InChI is InChI=1S/C12H10N2O5/c1-2-19-12(16)10(7-13)11(15)8-3-5-9(6-4-8)14(17)18/h3-6,10H,2H2,1H3/t10-/m1/s1. The summed E-state index contributed by atoms with van der Waals surface area (Å²) < 4.78 is 4.61. The summed E-state index contributed by atoms with van der Waals surface area (Å²) >= 11 is 0. The molecule has 1 rings (SSSR count). The Bertz CT molecular complexity index is 544. The van der Waals surface area contributed by atoms with Crippen LogP contribution in [0.3, 0.4) is 0 Å². The molecule has 7 heteroatoms. The number of benzene rings is 1. The van der Waals surface area contributed by atoms with E-state index in [1.807, 2.05) is 0 Å². The van der Waals surface area contributed by atoms with Crippen molar-refractivity contribution in [3.05, 3.63) is 39.9 Å². The summed E-state index contributed by atoms with van der Waals surface area (Å²) in [4.78, 5) is 33.1. The van der Waals surface area contributed by atoms with E-state index in [9.17, 15) is 19.7 Å². The first kappa shape index (κ1) is 14.3. The number of carbonyl (C=O) groups excluding carboxylic acids is 2. The van der Waals surface area contributed by atoms with Crippen LogP contribution in [0.2, 0.25) is 0 Å². The molecule has 98 valence electrons. The molecule has 1 aromatic rings. The third kappa shape index (κ3) is 3.35. The highest BCUT2D eigenvalue weighted by Crippen LogP contribution is 2.15. The van der Waals surface area contributed by atoms with E-state index in [-0.39, 0.29) is 17.9 Å². The fourth-order valence-corrected chi connectivity index (χ4v) is 1.36. The van der Waals surface area contributed by atoms with Crippen molar-refractivity contribution >= 4 is 17.4 Å². The van der Waals surface area contributed by atoms with Gasteiger partial charge in [-0.05, 0) is 19.1 Å². The lowest BCUT2D eigenvalue weighted by atomic mass is 9.99. The van der Waals surface area contributed by atoms with Crippen molar-refractivity contribution in [2.75, 3.05) is 6.61 Å². The Hall–Kier alpha value is -2.75. The summed E-state index contributed by atoms with van der Waals surface area (Å²) in [6.07, 6.45) is 0. The Morgan fingerprint density at radius 2 is 2.00 bits per heavy atom. The molecule has 19 heavy (non-hydrogen) atoms. The van der Waals surface area contributed by atoms with Gasteiger partial charge in [0.2, 0.25) is 5.92 Å². The fourth-order valence-electron chi connectivity index (χ4n) is 1.36. The second kappa shape index (κ2) is 6.26. The van der Waals surface area contributed by atoms with E-state index in [4.69, 9.17) is 5.26 Å². The van der Waals surface area contributed by atoms with Crippen LogP contribution in [0.5, 0.6) is 0 Å². The molecule has 0 aliphatic rings. The van der Waals surface area contributed by atoms with Crippen LogP contribution in [0.1, 0.15) is 17.3 Å². The molecule has 0 saturated heterocycles. The van der Waals surface area contributed by atoms with Crippen LogP contribution in [0.25, 0.3) is 0 Å². The number of carbonyl (C=O) groups is 2. The third-order valence-corrected chi connectivity index (χ3v) is 2.28. The summed E-state index contributed by atoms with van der Waals surface area (Å²) in [5.74, 6) is -3.22. The number of ether oxygens (including phenoxy) is 1. The number of nitrogens with zero attached hydrogens (tertiary/aromatic N) is 2. The summed E-state index contributed by atoms with van der Waals surface area (Å²) in [5, 5.41) is 19.3. The van der Waals surface area contributed by atoms with Gasteiger partial charge in [-0.15, -0.1) is 0 Å². The normalized spacial score (nSPS) is 11.2. The maximum absolute atomic E-state index is 11.9. The predicted molar refractivity (Wildman–Crippen MR) is 63.2 cm³/mol. The van der Waals surface area contributed by atoms with E-state index in [1.165, 1.54) is 12.1 Å².